The SMILES string of the molecule is CCC1CCC(C2(C)CCCN2)CC1. The molecule has 82 valence electrons. The van der Waals surface area contributed by atoms with Crippen molar-refractivity contribution in [1.29, 1.82) is 0 Å². The summed E-state index contributed by atoms with van der Waals surface area (Å²) in [5.41, 5.74) is 0.499. The van der Waals surface area contributed by atoms with Gasteiger partial charge in [0.05, 0.1) is 0 Å². The monoisotopic (exact) mass is 195 g/mol. The highest BCUT2D eigenvalue weighted by molar-refractivity contribution is 4.96. The predicted octanol–water partition coefficient (Wildman–Crippen LogP) is 3.34. The highest BCUT2D eigenvalue weighted by Crippen LogP contribution is 2.40. The molecule has 1 unspecified atom stereocenters. The molecule has 1 aliphatic heterocycles. The van der Waals surface area contributed by atoms with Crippen LogP contribution in [0.5, 0.6) is 0 Å². The molecule has 1 nitrogen and oxygen atoms in total. The summed E-state index contributed by atoms with van der Waals surface area (Å²) in [5, 5.41) is 3.74. The largest absolute Gasteiger partial charge is 0.311 e. The molecule has 1 N–H and O–H groups in total. The van der Waals surface area contributed by atoms with Crippen molar-refractivity contribution in [3.8, 4) is 0 Å². The van der Waals surface area contributed by atoms with Crippen LogP contribution in [0.15, 0.2) is 0 Å². The first-order chi connectivity index (χ1) is 6.74. The predicted molar refractivity (Wildman–Crippen MR) is 61.4 cm³/mol. The van der Waals surface area contributed by atoms with Gasteiger partial charge in [-0.05, 0) is 51.0 Å². The molecule has 0 aromatic heterocycles. The third kappa shape index (κ3) is 1.98. The van der Waals surface area contributed by atoms with E-state index in [1.807, 2.05) is 0 Å². The molecule has 1 atom stereocenters. The smallest absolute Gasteiger partial charge is 0.0181 e. The molecule has 0 aromatic carbocycles. The lowest BCUT2D eigenvalue weighted by atomic mass is 9.71. The molecule has 2 rings (SSSR count). The summed E-state index contributed by atoms with van der Waals surface area (Å²) >= 11 is 0. The molecule has 1 heteroatoms. The summed E-state index contributed by atoms with van der Waals surface area (Å²) in [5.74, 6) is 2.00. The molecule has 2 aliphatic rings. The fourth-order valence-electron chi connectivity index (χ4n) is 3.47. The lowest BCUT2D eigenvalue weighted by molar-refractivity contribution is 0.166. The minimum Gasteiger partial charge on any atom is -0.311 e. The van der Waals surface area contributed by atoms with E-state index >= 15 is 0 Å². The van der Waals surface area contributed by atoms with E-state index in [0.717, 1.165) is 11.8 Å². The van der Waals surface area contributed by atoms with Crippen LogP contribution in [0, 0.1) is 11.8 Å². The third-order valence-corrected chi connectivity index (χ3v) is 4.73. The fraction of sp³-hybridized carbons (Fsp3) is 1.00. The number of hydrogen-bond acceptors (Lipinski definition) is 1. The van der Waals surface area contributed by atoms with Gasteiger partial charge in [-0.2, -0.15) is 0 Å². The normalized spacial score (nSPS) is 44.1. The highest BCUT2D eigenvalue weighted by Gasteiger charge is 2.38. The van der Waals surface area contributed by atoms with Crippen LogP contribution < -0.4 is 5.32 Å². The minimum absolute atomic E-state index is 0.499. The van der Waals surface area contributed by atoms with Gasteiger partial charge < -0.3 is 5.32 Å². The van der Waals surface area contributed by atoms with Gasteiger partial charge in [0.2, 0.25) is 0 Å². The topological polar surface area (TPSA) is 12.0 Å². The van der Waals surface area contributed by atoms with E-state index in [1.165, 1.54) is 51.5 Å². The maximum atomic E-state index is 3.74. The zero-order valence-corrected chi connectivity index (χ0v) is 9.81. The van der Waals surface area contributed by atoms with Gasteiger partial charge >= 0.3 is 0 Å². The van der Waals surface area contributed by atoms with Crippen molar-refractivity contribution in [2.75, 3.05) is 6.54 Å². The van der Waals surface area contributed by atoms with Gasteiger partial charge in [-0.25, -0.2) is 0 Å². The van der Waals surface area contributed by atoms with Crippen LogP contribution in [-0.2, 0) is 0 Å². The molecule has 0 aromatic rings. The van der Waals surface area contributed by atoms with Crippen LogP contribution in [-0.4, -0.2) is 12.1 Å². The number of hydrogen-bond donors (Lipinski definition) is 1. The maximum absolute atomic E-state index is 3.74. The standard InChI is InChI=1S/C13H25N/c1-3-11-5-7-12(8-6-11)13(2)9-4-10-14-13/h11-12,14H,3-10H2,1-2H3. The van der Waals surface area contributed by atoms with Gasteiger partial charge in [0.1, 0.15) is 0 Å². The molecule has 0 spiro atoms. The molecule has 0 bridgehead atoms. The van der Waals surface area contributed by atoms with Gasteiger partial charge in [0.25, 0.3) is 0 Å². The lowest BCUT2D eigenvalue weighted by Crippen LogP contribution is -2.45. The first-order valence-corrected chi connectivity index (χ1v) is 6.49. The Labute approximate surface area is 88.7 Å². The van der Waals surface area contributed by atoms with Crippen LogP contribution in [0.1, 0.15) is 58.8 Å². The van der Waals surface area contributed by atoms with Crippen molar-refractivity contribution in [2.45, 2.75) is 64.3 Å². The van der Waals surface area contributed by atoms with E-state index in [-0.39, 0.29) is 0 Å². The summed E-state index contributed by atoms with van der Waals surface area (Å²) in [6, 6.07) is 0. The van der Waals surface area contributed by atoms with E-state index in [9.17, 15) is 0 Å². The molecule has 0 radical (unpaired) electrons. The quantitative estimate of drug-likeness (QED) is 0.712. The second-order valence-corrected chi connectivity index (χ2v) is 5.57. The van der Waals surface area contributed by atoms with Gasteiger partial charge in [-0.3, -0.25) is 0 Å². The average molecular weight is 195 g/mol. The van der Waals surface area contributed by atoms with Crippen molar-refractivity contribution >= 4 is 0 Å². The molecule has 1 saturated carbocycles. The second kappa shape index (κ2) is 4.22. The molecular formula is C13H25N. The summed E-state index contributed by atoms with van der Waals surface area (Å²) in [6.07, 6.45) is 10.1. The van der Waals surface area contributed by atoms with Crippen LogP contribution in [0.4, 0.5) is 0 Å². The molecule has 14 heavy (non-hydrogen) atoms. The lowest BCUT2D eigenvalue weighted by Gasteiger charge is -2.39. The summed E-state index contributed by atoms with van der Waals surface area (Å²) < 4.78 is 0. The molecule has 1 saturated heterocycles. The Balaban J connectivity index is 1.88. The van der Waals surface area contributed by atoms with E-state index in [0.29, 0.717) is 5.54 Å². The molecule has 1 aliphatic carbocycles. The molecule has 0 amide bonds. The molecule has 2 fully saturated rings. The molecular weight excluding hydrogens is 170 g/mol. The van der Waals surface area contributed by atoms with Gasteiger partial charge in [-0.15, -0.1) is 0 Å². The summed E-state index contributed by atoms with van der Waals surface area (Å²) in [6.45, 7) is 6.06. The van der Waals surface area contributed by atoms with E-state index in [2.05, 4.69) is 19.2 Å². The Hall–Kier alpha value is -0.0400. The van der Waals surface area contributed by atoms with Gasteiger partial charge in [-0.1, -0.05) is 26.2 Å². The van der Waals surface area contributed by atoms with Crippen molar-refractivity contribution in [1.82, 2.24) is 5.32 Å². The van der Waals surface area contributed by atoms with Crippen LogP contribution >= 0.6 is 0 Å². The van der Waals surface area contributed by atoms with Crippen molar-refractivity contribution in [3.05, 3.63) is 0 Å². The van der Waals surface area contributed by atoms with Crippen LogP contribution in [0.2, 0.25) is 0 Å². The Morgan fingerprint density at radius 3 is 2.43 bits per heavy atom. The number of nitrogens with one attached hydrogen (secondary N) is 1. The third-order valence-electron chi connectivity index (χ3n) is 4.73. The van der Waals surface area contributed by atoms with E-state index < -0.39 is 0 Å². The number of rotatable bonds is 2. The zero-order chi connectivity index (χ0) is 10.0. The van der Waals surface area contributed by atoms with Gasteiger partial charge in [0.15, 0.2) is 0 Å². The zero-order valence-electron chi connectivity index (χ0n) is 9.81. The average Bonchev–Trinajstić information content (AvgIpc) is 2.67. The summed E-state index contributed by atoms with van der Waals surface area (Å²) in [7, 11) is 0. The van der Waals surface area contributed by atoms with Crippen LogP contribution in [0.3, 0.4) is 0 Å². The molecule has 1 heterocycles. The van der Waals surface area contributed by atoms with Crippen molar-refractivity contribution < 1.29 is 0 Å². The highest BCUT2D eigenvalue weighted by atomic mass is 15.0. The summed E-state index contributed by atoms with van der Waals surface area (Å²) in [4.78, 5) is 0. The van der Waals surface area contributed by atoms with E-state index in [1.54, 1.807) is 0 Å². The Kier molecular flexibility index (Phi) is 3.16. The Bertz CT molecular complexity index is 174. The van der Waals surface area contributed by atoms with Gasteiger partial charge in [0, 0.05) is 5.54 Å². The first kappa shape index (κ1) is 10.5. The fourth-order valence-corrected chi connectivity index (χ4v) is 3.47. The van der Waals surface area contributed by atoms with Crippen LogP contribution in [0.25, 0.3) is 0 Å². The Morgan fingerprint density at radius 1 is 1.21 bits per heavy atom. The second-order valence-electron chi connectivity index (χ2n) is 5.57. The minimum atomic E-state index is 0.499. The maximum Gasteiger partial charge on any atom is 0.0181 e. The van der Waals surface area contributed by atoms with E-state index in [4.69, 9.17) is 0 Å². The first-order valence-electron chi connectivity index (χ1n) is 6.49. The Morgan fingerprint density at radius 2 is 1.93 bits per heavy atom. The van der Waals surface area contributed by atoms with Crippen molar-refractivity contribution in [3.63, 3.8) is 0 Å². The van der Waals surface area contributed by atoms with Crippen molar-refractivity contribution in [2.24, 2.45) is 11.8 Å².